The molecule has 1 aliphatic rings. The minimum absolute atomic E-state index is 0.259. The molecular formula is C11H18O4. The molecular weight excluding hydrogens is 196 g/mol. The first kappa shape index (κ1) is 12.0. The van der Waals surface area contributed by atoms with E-state index in [2.05, 4.69) is 6.92 Å². The normalized spacial score (nSPS) is 19.6. The van der Waals surface area contributed by atoms with Crippen LogP contribution < -0.4 is 0 Å². The first-order valence-electron chi connectivity index (χ1n) is 5.49. The molecule has 0 unspecified atom stereocenters. The Balaban J connectivity index is 2.36. The average molecular weight is 214 g/mol. The van der Waals surface area contributed by atoms with Crippen LogP contribution in [0.1, 0.15) is 52.4 Å². The molecule has 86 valence electrons. The number of esters is 2. The van der Waals surface area contributed by atoms with E-state index < -0.39 is 17.7 Å². The molecule has 1 fully saturated rings. The van der Waals surface area contributed by atoms with E-state index in [1.807, 2.05) is 0 Å². The van der Waals surface area contributed by atoms with Gasteiger partial charge in [0.2, 0.25) is 0 Å². The lowest BCUT2D eigenvalue weighted by Crippen LogP contribution is -2.42. The van der Waals surface area contributed by atoms with Crippen molar-refractivity contribution in [2.24, 2.45) is 0 Å². The van der Waals surface area contributed by atoms with E-state index >= 15 is 0 Å². The number of carbonyl (C=O) groups excluding carboxylic acids is 2. The number of carbonyl (C=O) groups is 2. The van der Waals surface area contributed by atoms with E-state index in [9.17, 15) is 9.59 Å². The molecule has 15 heavy (non-hydrogen) atoms. The zero-order valence-electron chi connectivity index (χ0n) is 9.38. The molecule has 4 nitrogen and oxygen atoms in total. The molecule has 0 amide bonds. The van der Waals surface area contributed by atoms with Gasteiger partial charge in [0.15, 0.2) is 0 Å². The largest absolute Gasteiger partial charge is 0.422 e. The van der Waals surface area contributed by atoms with Crippen molar-refractivity contribution in [3.05, 3.63) is 0 Å². The number of unbranched alkanes of at least 4 members (excludes halogenated alkanes) is 3. The third kappa shape index (κ3) is 3.90. The van der Waals surface area contributed by atoms with Gasteiger partial charge in [0, 0.05) is 13.3 Å². The highest BCUT2D eigenvalue weighted by Crippen LogP contribution is 2.26. The summed E-state index contributed by atoms with van der Waals surface area (Å²) in [5.41, 5.74) is 0. The molecule has 1 rings (SSSR count). The van der Waals surface area contributed by atoms with Crippen LogP contribution in [0.25, 0.3) is 0 Å². The highest BCUT2D eigenvalue weighted by molar-refractivity contribution is 5.93. The summed E-state index contributed by atoms with van der Waals surface area (Å²) in [5.74, 6) is -1.99. The molecule has 0 radical (unpaired) electrons. The van der Waals surface area contributed by atoms with E-state index in [0.717, 1.165) is 25.7 Å². The van der Waals surface area contributed by atoms with Crippen LogP contribution in [0, 0.1) is 0 Å². The van der Waals surface area contributed by atoms with Crippen LogP contribution in [0.4, 0.5) is 0 Å². The molecule has 0 bridgehead atoms. The molecule has 0 aromatic rings. The molecule has 1 aliphatic heterocycles. The van der Waals surface area contributed by atoms with Crippen LogP contribution in [0.15, 0.2) is 0 Å². The SMILES string of the molecule is CCCCCCC1(C)OC(=O)CC(=O)O1. The maximum Gasteiger partial charge on any atom is 0.320 e. The lowest BCUT2D eigenvalue weighted by atomic mass is 10.1. The van der Waals surface area contributed by atoms with Crippen molar-refractivity contribution in [1.29, 1.82) is 0 Å². The van der Waals surface area contributed by atoms with Crippen LogP contribution in [-0.4, -0.2) is 17.7 Å². The molecule has 0 aromatic heterocycles. The molecule has 0 aromatic carbocycles. The van der Waals surface area contributed by atoms with Crippen molar-refractivity contribution < 1.29 is 19.1 Å². The topological polar surface area (TPSA) is 52.6 Å². The van der Waals surface area contributed by atoms with Crippen LogP contribution >= 0.6 is 0 Å². The predicted octanol–water partition coefficient (Wildman–Crippen LogP) is 2.16. The predicted molar refractivity (Wildman–Crippen MR) is 54.0 cm³/mol. The fraction of sp³-hybridized carbons (Fsp3) is 0.818. The minimum atomic E-state index is -1.03. The third-order valence-electron chi connectivity index (χ3n) is 2.43. The van der Waals surface area contributed by atoms with Gasteiger partial charge < -0.3 is 9.47 Å². The van der Waals surface area contributed by atoms with Crippen LogP contribution in [0.3, 0.4) is 0 Å². The lowest BCUT2D eigenvalue weighted by molar-refractivity contribution is -0.239. The lowest BCUT2D eigenvalue weighted by Gasteiger charge is -2.32. The van der Waals surface area contributed by atoms with Gasteiger partial charge in [-0.1, -0.05) is 26.2 Å². The van der Waals surface area contributed by atoms with Gasteiger partial charge in [-0.25, -0.2) is 0 Å². The minimum Gasteiger partial charge on any atom is -0.422 e. The summed E-state index contributed by atoms with van der Waals surface area (Å²) < 4.78 is 10.1. The Morgan fingerprint density at radius 1 is 1.13 bits per heavy atom. The second-order valence-electron chi connectivity index (χ2n) is 4.07. The summed E-state index contributed by atoms with van der Waals surface area (Å²) in [7, 11) is 0. The van der Waals surface area contributed by atoms with Crippen molar-refractivity contribution in [3.8, 4) is 0 Å². The summed E-state index contributed by atoms with van der Waals surface area (Å²) in [6, 6.07) is 0. The fourth-order valence-corrected chi connectivity index (χ4v) is 1.67. The maximum atomic E-state index is 11.1. The van der Waals surface area contributed by atoms with E-state index in [0.29, 0.717) is 6.42 Å². The van der Waals surface area contributed by atoms with Crippen LogP contribution in [0.2, 0.25) is 0 Å². The molecule has 0 spiro atoms. The Bertz CT molecular complexity index is 231. The molecule has 0 saturated carbocycles. The van der Waals surface area contributed by atoms with Gasteiger partial charge in [-0.3, -0.25) is 9.59 Å². The highest BCUT2D eigenvalue weighted by Gasteiger charge is 2.38. The number of rotatable bonds is 5. The fourth-order valence-electron chi connectivity index (χ4n) is 1.67. The monoisotopic (exact) mass is 214 g/mol. The van der Waals surface area contributed by atoms with Gasteiger partial charge >= 0.3 is 11.9 Å². The van der Waals surface area contributed by atoms with E-state index in [1.54, 1.807) is 6.92 Å². The average Bonchev–Trinajstić information content (AvgIpc) is 2.10. The van der Waals surface area contributed by atoms with Gasteiger partial charge in [-0.05, 0) is 6.42 Å². The Kier molecular flexibility index (Phi) is 4.12. The first-order valence-corrected chi connectivity index (χ1v) is 5.49. The maximum absolute atomic E-state index is 11.1. The third-order valence-corrected chi connectivity index (χ3v) is 2.43. The van der Waals surface area contributed by atoms with Gasteiger partial charge in [-0.15, -0.1) is 0 Å². The molecule has 0 atom stereocenters. The summed E-state index contributed by atoms with van der Waals surface area (Å²) >= 11 is 0. The van der Waals surface area contributed by atoms with Crippen LogP contribution in [0.5, 0.6) is 0 Å². The summed E-state index contributed by atoms with van der Waals surface area (Å²) in [4.78, 5) is 22.1. The summed E-state index contributed by atoms with van der Waals surface area (Å²) in [6.45, 7) is 3.77. The number of cyclic esters (lactones) is 2. The van der Waals surface area contributed by atoms with E-state index in [-0.39, 0.29) is 6.42 Å². The number of hydrogen-bond acceptors (Lipinski definition) is 4. The molecule has 1 saturated heterocycles. The second-order valence-corrected chi connectivity index (χ2v) is 4.07. The highest BCUT2D eigenvalue weighted by atomic mass is 16.7. The van der Waals surface area contributed by atoms with E-state index in [4.69, 9.17) is 9.47 Å². The number of ether oxygens (including phenoxy) is 2. The first-order chi connectivity index (χ1) is 7.06. The molecule has 0 aliphatic carbocycles. The van der Waals surface area contributed by atoms with Gasteiger partial charge in [0.05, 0.1) is 0 Å². The summed E-state index contributed by atoms with van der Waals surface area (Å²) in [5, 5.41) is 0. The zero-order chi connectivity index (χ0) is 11.3. The van der Waals surface area contributed by atoms with Gasteiger partial charge in [-0.2, -0.15) is 0 Å². The summed E-state index contributed by atoms with van der Waals surface area (Å²) in [6.07, 6.45) is 4.61. The standard InChI is InChI=1S/C11H18O4/c1-3-4-5-6-7-11(2)14-9(12)8-10(13)15-11/h3-8H2,1-2H3. The Hall–Kier alpha value is -1.06. The van der Waals surface area contributed by atoms with Crippen molar-refractivity contribution in [2.45, 2.75) is 58.2 Å². The van der Waals surface area contributed by atoms with Gasteiger partial charge in [0.25, 0.3) is 5.79 Å². The second kappa shape index (κ2) is 5.14. The molecule has 0 N–H and O–H groups in total. The van der Waals surface area contributed by atoms with E-state index in [1.165, 1.54) is 0 Å². The Morgan fingerprint density at radius 2 is 1.73 bits per heavy atom. The van der Waals surface area contributed by atoms with Crippen molar-refractivity contribution in [3.63, 3.8) is 0 Å². The smallest absolute Gasteiger partial charge is 0.320 e. The van der Waals surface area contributed by atoms with Crippen LogP contribution in [-0.2, 0) is 19.1 Å². The van der Waals surface area contributed by atoms with Crippen molar-refractivity contribution in [2.75, 3.05) is 0 Å². The quantitative estimate of drug-likeness (QED) is 0.400. The molecule has 1 heterocycles. The Labute approximate surface area is 89.9 Å². The van der Waals surface area contributed by atoms with Crippen molar-refractivity contribution in [1.82, 2.24) is 0 Å². The zero-order valence-corrected chi connectivity index (χ0v) is 9.38. The Morgan fingerprint density at radius 3 is 2.27 bits per heavy atom. The van der Waals surface area contributed by atoms with Gasteiger partial charge in [0.1, 0.15) is 6.42 Å². The van der Waals surface area contributed by atoms with Crippen molar-refractivity contribution >= 4 is 11.9 Å². The molecule has 4 heteroatoms. The number of hydrogen-bond donors (Lipinski definition) is 0.